The highest BCUT2D eigenvalue weighted by atomic mass is 19.3. The monoisotopic (exact) mass is 522 g/mol. The van der Waals surface area contributed by atoms with Gasteiger partial charge in [0.1, 0.15) is 17.9 Å². The molecule has 0 spiro atoms. The van der Waals surface area contributed by atoms with Crippen LogP contribution in [0.1, 0.15) is 52.8 Å². The Bertz CT molecular complexity index is 1570. The maximum atomic E-state index is 14.7. The van der Waals surface area contributed by atoms with Crippen molar-refractivity contribution in [3.05, 3.63) is 70.8 Å². The van der Waals surface area contributed by atoms with E-state index in [4.69, 9.17) is 9.72 Å². The van der Waals surface area contributed by atoms with Crippen molar-refractivity contribution in [3.8, 4) is 16.9 Å². The minimum atomic E-state index is -2.71. The number of hydrogen-bond donors (Lipinski definition) is 1. The Morgan fingerprint density at radius 2 is 1.97 bits per heavy atom. The zero-order valence-electron chi connectivity index (χ0n) is 20.8. The van der Waals surface area contributed by atoms with Gasteiger partial charge in [0.2, 0.25) is 5.95 Å². The van der Waals surface area contributed by atoms with Gasteiger partial charge >= 0.3 is 0 Å². The lowest BCUT2D eigenvalue weighted by atomic mass is 9.99. The third-order valence-corrected chi connectivity index (χ3v) is 7.00. The topological polar surface area (TPSA) is 84.7 Å². The smallest absolute Gasteiger partial charge is 0.275 e. The molecule has 0 saturated heterocycles. The van der Waals surface area contributed by atoms with Crippen LogP contribution in [0, 0.1) is 5.82 Å². The number of carbonyl (C=O) groups is 1. The SMILES string of the molecule is CC(C)c1ccc2c(n1)CN(CC(F)F)C(=O)c1ncn3c(NCc4c(F)ccc5c4CCO5)ncc-2c13. The molecule has 3 aromatic heterocycles. The van der Waals surface area contributed by atoms with Crippen LogP contribution in [0.4, 0.5) is 19.1 Å². The van der Waals surface area contributed by atoms with Crippen LogP contribution >= 0.6 is 0 Å². The van der Waals surface area contributed by atoms with Gasteiger partial charge in [-0.25, -0.2) is 23.1 Å². The number of pyridine rings is 1. The van der Waals surface area contributed by atoms with Gasteiger partial charge in [-0.3, -0.25) is 14.2 Å². The molecule has 0 bridgehead atoms. The first-order valence-electron chi connectivity index (χ1n) is 12.4. The molecule has 1 aromatic carbocycles. The lowest BCUT2D eigenvalue weighted by Gasteiger charge is -2.26. The maximum absolute atomic E-state index is 14.7. The zero-order valence-corrected chi connectivity index (χ0v) is 20.8. The van der Waals surface area contributed by atoms with Gasteiger partial charge in [0.05, 0.1) is 30.9 Å². The zero-order chi connectivity index (χ0) is 26.6. The number of hydrogen-bond acceptors (Lipinski definition) is 6. The lowest BCUT2D eigenvalue weighted by Crippen LogP contribution is -2.36. The number of halogens is 3. The molecule has 0 atom stereocenters. The number of nitrogens with zero attached hydrogens (tertiary/aromatic N) is 5. The van der Waals surface area contributed by atoms with E-state index in [2.05, 4.69) is 15.3 Å². The molecule has 1 N–H and O–H groups in total. The van der Waals surface area contributed by atoms with Crippen molar-refractivity contribution < 1.29 is 22.7 Å². The van der Waals surface area contributed by atoms with E-state index >= 15 is 0 Å². The van der Waals surface area contributed by atoms with Crippen molar-refractivity contribution in [2.24, 2.45) is 0 Å². The number of amides is 1. The molecular weight excluding hydrogens is 497 g/mol. The summed E-state index contributed by atoms with van der Waals surface area (Å²) < 4.78 is 48.8. The normalized spacial score (nSPS) is 14.5. The van der Waals surface area contributed by atoms with Crippen LogP contribution in [-0.4, -0.2) is 49.7 Å². The van der Waals surface area contributed by atoms with Gasteiger partial charge < -0.3 is 15.0 Å². The second kappa shape index (κ2) is 9.30. The van der Waals surface area contributed by atoms with E-state index in [1.165, 1.54) is 12.4 Å². The maximum Gasteiger partial charge on any atom is 0.275 e. The van der Waals surface area contributed by atoms with E-state index in [0.29, 0.717) is 52.6 Å². The predicted octanol–water partition coefficient (Wildman–Crippen LogP) is 4.82. The van der Waals surface area contributed by atoms with Crippen molar-refractivity contribution in [1.29, 1.82) is 0 Å². The van der Waals surface area contributed by atoms with Crippen molar-refractivity contribution in [2.75, 3.05) is 18.5 Å². The number of carbonyl (C=O) groups excluding carboxylic acids is 1. The Morgan fingerprint density at radius 1 is 1.13 bits per heavy atom. The van der Waals surface area contributed by atoms with E-state index in [0.717, 1.165) is 16.2 Å². The summed E-state index contributed by atoms with van der Waals surface area (Å²) in [7, 11) is 0. The Hall–Kier alpha value is -4.15. The first kappa shape index (κ1) is 24.2. The summed E-state index contributed by atoms with van der Waals surface area (Å²) in [6.07, 6.45) is 0.938. The van der Waals surface area contributed by atoms with E-state index in [9.17, 15) is 18.0 Å². The summed E-state index contributed by atoms with van der Waals surface area (Å²) in [5.41, 5.74) is 4.38. The first-order valence-corrected chi connectivity index (χ1v) is 12.4. The number of alkyl halides is 2. The average Bonchev–Trinajstić information content (AvgIpc) is 3.54. The number of rotatable bonds is 6. The molecule has 2 aliphatic rings. The fraction of sp³-hybridized carbons (Fsp3) is 0.333. The van der Waals surface area contributed by atoms with Crippen LogP contribution in [0.25, 0.3) is 16.6 Å². The fourth-order valence-corrected chi connectivity index (χ4v) is 5.10. The van der Waals surface area contributed by atoms with Gasteiger partial charge in [0.25, 0.3) is 12.3 Å². The summed E-state index contributed by atoms with van der Waals surface area (Å²) in [6.45, 7) is 3.80. The van der Waals surface area contributed by atoms with Crippen LogP contribution in [0.3, 0.4) is 0 Å². The van der Waals surface area contributed by atoms with Gasteiger partial charge in [-0.2, -0.15) is 0 Å². The minimum Gasteiger partial charge on any atom is -0.493 e. The predicted molar refractivity (Wildman–Crippen MR) is 134 cm³/mol. The highest BCUT2D eigenvalue weighted by Gasteiger charge is 2.31. The minimum absolute atomic E-state index is 0.0462. The third-order valence-electron chi connectivity index (χ3n) is 7.00. The van der Waals surface area contributed by atoms with Crippen LogP contribution in [0.15, 0.2) is 36.8 Å². The van der Waals surface area contributed by atoms with Crippen LogP contribution in [-0.2, 0) is 19.5 Å². The summed E-state index contributed by atoms with van der Waals surface area (Å²) in [5, 5.41) is 3.16. The average molecular weight is 523 g/mol. The van der Waals surface area contributed by atoms with Crippen molar-refractivity contribution >= 4 is 17.4 Å². The van der Waals surface area contributed by atoms with E-state index in [1.807, 2.05) is 26.0 Å². The van der Waals surface area contributed by atoms with Gasteiger partial charge in [-0.05, 0) is 24.1 Å². The van der Waals surface area contributed by atoms with Crippen LogP contribution in [0.2, 0.25) is 0 Å². The van der Waals surface area contributed by atoms with Gasteiger partial charge in [0, 0.05) is 47.1 Å². The van der Waals surface area contributed by atoms with Gasteiger partial charge in [0.15, 0.2) is 5.69 Å². The summed E-state index contributed by atoms with van der Waals surface area (Å²) in [4.78, 5) is 28.1. The van der Waals surface area contributed by atoms with Crippen molar-refractivity contribution in [3.63, 3.8) is 0 Å². The molecule has 11 heteroatoms. The van der Waals surface area contributed by atoms with Gasteiger partial charge in [-0.1, -0.05) is 19.9 Å². The lowest BCUT2D eigenvalue weighted by molar-refractivity contribution is 0.0528. The molecule has 196 valence electrons. The van der Waals surface area contributed by atoms with Crippen LogP contribution in [0.5, 0.6) is 5.75 Å². The molecule has 2 aliphatic heterocycles. The molecule has 38 heavy (non-hydrogen) atoms. The Kier molecular flexibility index (Phi) is 5.93. The molecular formula is C27H25F3N6O2. The molecule has 0 fully saturated rings. The number of fused-ring (bicyclic) bond motifs is 3. The van der Waals surface area contributed by atoms with Crippen molar-refractivity contribution in [2.45, 2.75) is 45.7 Å². The fourth-order valence-electron chi connectivity index (χ4n) is 5.10. The highest BCUT2D eigenvalue weighted by Crippen LogP contribution is 2.35. The molecule has 0 unspecified atom stereocenters. The van der Waals surface area contributed by atoms with E-state index in [1.54, 1.807) is 16.7 Å². The molecule has 0 saturated carbocycles. The molecule has 0 aliphatic carbocycles. The number of nitrogens with one attached hydrogen (secondary N) is 1. The summed E-state index contributed by atoms with van der Waals surface area (Å²) in [6, 6.07) is 6.78. The summed E-state index contributed by atoms with van der Waals surface area (Å²) in [5.74, 6) is 0.149. The number of ether oxygens (including phenoxy) is 1. The first-order chi connectivity index (χ1) is 18.3. The highest BCUT2D eigenvalue weighted by molar-refractivity contribution is 6.04. The molecule has 4 aromatic rings. The molecule has 5 heterocycles. The number of benzene rings is 1. The summed E-state index contributed by atoms with van der Waals surface area (Å²) >= 11 is 0. The van der Waals surface area contributed by atoms with E-state index < -0.39 is 18.9 Å². The third kappa shape index (κ3) is 4.02. The quantitative estimate of drug-likeness (QED) is 0.391. The van der Waals surface area contributed by atoms with Crippen LogP contribution < -0.4 is 10.1 Å². The molecule has 0 radical (unpaired) electrons. The van der Waals surface area contributed by atoms with E-state index in [-0.39, 0.29) is 30.5 Å². The Morgan fingerprint density at radius 3 is 2.76 bits per heavy atom. The van der Waals surface area contributed by atoms with Gasteiger partial charge in [-0.15, -0.1) is 0 Å². The number of imidazole rings is 1. The van der Waals surface area contributed by atoms with Crippen molar-refractivity contribution in [1.82, 2.24) is 24.3 Å². The molecule has 8 nitrogen and oxygen atoms in total. The standard InChI is InChI=1S/C27H25F3N6O2/c1-14(2)20-5-3-15-18-10-32-27(31-9-17-16-7-8-38-22(16)6-4-19(17)28)36-13-33-24(25(18)36)26(37)35(12-23(29)30)11-21(15)34-20/h3-6,10,13-14,23H,7-9,11-12H2,1-2H3,(H,31,32). The molecule has 6 rings (SSSR count). The molecule has 1 amide bonds. The number of aromatic nitrogens is 4. The largest absolute Gasteiger partial charge is 0.493 e. The Labute approximate surface area is 216 Å². The number of anilines is 1. The second-order valence-electron chi connectivity index (χ2n) is 9.72. The second-order valence-corrected chi connectivity index (χ2v) is 9.72. The Balaban J connectivity index is 1.46.